The van der Waals surface area contributed by atoms with E-state index < -0.39 is 11.9 Å². The number of hydrogen-bond donors (Lipinski definition) is 1. The van der Waals surface area contributed by atoms with E-state index in [1.54, 1.807) is 24.4 Å². The van der Waals surface area contributed by atoms with Gasteiger partial charge < -0.3 is 9.84 Å². The first-order valence-corrected chi connectivity index (χ1v) is 6.10. The van der Waals surface area contributed by atoms with Crippen molar-refractivity contribution in [3.05, 3.63) is 58.5 Å². The Balaban J connectivity index is 2.20. The van der Waals surface area contributed by atoms with E-state index in [9.17, 15) is 9.50 Å². The van der Waals surface area contributed by atoms with E-state index in [-0.39, 0.29) is 11.4 Å². The summed E-state index contributed by atoms with van der Waals surface area (Å²) in [6.45, 7) is 0. The Morgan fingerprint density at radius 1 is 1.42 bits per heavy atom. The summed E-state index contributed by atoms with van der Waals surface area (Å²) in [5.74, 6) is -0.131. The lowest BCUT2D eigenvalue weighted by Gasteiger charge is -2.13. The zero-order chi connectivity index (χ0) is 13.8. The normalized spacial score (nSPS) is 12.2. The van der Waals surface area contributed by atoms with Gasteiger partial charge in [0.25, 0.3) is 0 Å². The molecule has 1 N–H and O–H groups in total. The summed E-state index contributed by atoms with van der Waals surface area (Å²) in [6.07, 6.45) is 1.02. The molecule has 1 aromatic heterocycles. The average molecular weight is 282 g/mol. The van der Waals surface area contributed by atoms with Gasteiger partial charge in [-0.15, -0.1) is 0 Å². The Hall–Kier alpha value is -1.65. The highest BCUT2D eigenvalue weighted by molar-refractivity contribution is 6.30. The molecule has 0 aliphatic carbocycles. The summed E-state index contributed by atoms with van der Waals surface area (Å²) in [6, 6.07) is 7.90. The third kappa shape index (κ3) is 3.22. The first-order chi connectivity index (χ1) is 9.11. The fraction of sp³-hybridized carbons (Fsp3) is 0.214. The first-order valence-electron chi connectivity index (χ1n) is 5.72. The number of pyridine rings is 1. The highest BCUT2D eigenvalue weighted by Gasteiger charge is 2.15. The molecule has 0 fully saturated rings. The summed E-state index contributed by atoms with van der Waals surface area (Å²) in [5.41, 5.74) is 1.22. The molecule has 2 rings (SSSR count). The second-order valence-corrected chi connectivity index (χ2v) is 4.48. The number of hydrogen-bond acceptors (Lipinski definition) is 3. The fourth-order valence-electron chi connectivity index (χ4n) is 1.83. The molecule has 0 amide bonds. The lowest BCUT2D eigenvalue weighted by Crippen LogP contribution is -2.05. The molecule has 0 bridgehead atoms. The molecule has 0 spiro atoms. The Morgan fingerprint density at radius 2 is 2.21 bits per heavy atom. The smallest absolute Gasteiger partial charge is 0.218 e. The number of ether oxygens (including phenoxy) is 1. The number of aliphatic hydroxyl groups is 1. The standard InChI is InChI=1S/C14H13ClFNO2/c1-19-14-10(3-2-6-17-14)13(18)8-9-4-5-11(15)12(16)7-9/h2-7,13,18H,8H2,1H3. The van der Waals surface area contributed by atoms with Crippen molar-refractivity contribution < 1.29 is 14.2 Å². The number of benzene rings is 1. The third-order valence-corrected chi connectivity index (χ3v) is 3.07. The maximum Gasteiger partial charge on any atom is 0.218 e. The molecule has 1 atom stereocenters. The van der Waals surface area contributed by atoms with Crippen molar-refractivity contribution in [2.75, 3.05) is 7.11 Å². The summed E-state index contributed by atoms with van der Waals surface area (Å²) in [4.78, 5) is 4.01. The van der Waals surface area contributed by atoms with Crippen molar-refractivity contribution in [2.45, 2.75) is 12.5 Å². The molecule has 1 heterocycles. The molecule has 1 unspecified atom stereocenters. The van der Waals surface area contributed by atoms with Crippen molar-refractivity contribution in [3.8, 4) is 5.88 Å². The minimum absolute atomic E-state index is 0.0669. The van der Waals surface area contributed by atoms with Crippen LogP contribution in [0.4, 0.5) is 4.39 Å². The quantitative estimate of drug-likeness (QED) is 0.936. The molecule has 2 aromatic rings. The lowest BCUT2D eigenvalue weighted by molar-refractivity contribution is 0.173. The number of aromatic nitrogens is 1. The molecule has 1 aromatic carbocycles. The molecule has 5 heteroatoms. The molecule has 0 aliphatic rings. The highest BCUT2D eigenvalue weighted by atomic mass is 35.5. The van der Waals surface area contributed by atoms with E-state index in [0.29, 0.717) is 17.0 Å². The van der Waals surface area contributed by atoms with Gasteiger partial charge in [0.1, 0.15) is 5.82 Å². The van der Waals surface area contributed by atoms with Crippen molar-refractivity contribution in [3.63, 3.8) is 0 Å². The van der Waals surface area contributed by atoms with Crippen LogP contribution < -0.4 is 4.74 Å². The maximum absolute atomic E-state index is 13.3. The molecule has 100 valence electrons. The summed E-state index contributed by atoms with van der Waals surface area (Å²) >= 11 is 5.61. The predicted octanol–water partition coefficient (Wildman–Crippen LogP) is 3.16. The van der Waals surface area contributed by atoms with Gasteiger partial charge in [-0.3, -0.25) is 0 Å². The number of halogens is 2. The van der Waals surface area contributed by atoms with Crippen molar-refractivity contribution in [2.24, 2.45) is 0 Å². The zero-order valence-electron chi connectivity index (χ0n) is 10.3. The van der Waals surface area contributed by atoms with Crippen LogP contribution in [0.1, 0.15) is 17.2 Å². The Bertz CT molecular complexity index is 577. The molecular formula is C14H13ClFNO2. The molecule has 0 saturated heterocycles. The molecule has 0 saturated carbocycles. The Morgan fingerprint density at radius 3 is 2.89 bits per heavy atom. The minimum atomic E-state index is -0.816. The Kier molecular flexibility index (Phi) is 4.35. The number of rotatable bonds is 4. The molecular weight excluding hydrogens is 269 g/mol. The molecule has 0 radical (unpaired) electrons. The maximum atomic E-state index is 13.3. The van der Waals surface area contributed by atoms with Gasteiger partial charge in [0.05, 0.1) is 18.2 Å². The molecule has 19 heavy (non-hydrogen) atoms. The van der Waals surface area contributed by atoms with Crippen LogP contribution in [0, 0.1) is 5.82 Å². The van der Waals surface area contributed by atoms with Gasteiger partial charge in [-0.25, -0.2) is 9.37 Å². The zero-order valence-corrected chi connectivity index (χ0v) is 11.1. The lowest BCUT2D eigenvalue weighted by atomic mass is 10.0. The van der Waals surface area contributed by atoms with E-state index in [2.05, 4.69) is 4.98 Å². The van der Waals surface area contributed by atoms with E-state index in [4.69, 9.17) is 16.3 Å². The summed E-state index contributed by atoms with van der Waals surface area (Å²) in [5, 5.41) is 10.2. The number of methoxy groups -OCH3 is 1. The largest absolute Gasteiger partial charge is 0.481 e. The van der Waals surface area contributed by atoms with Crippen molar-refractivity contribution in [1.82, 2.24) is 4.98 Å². The van der Waals surface area contributed by atoms with Gasteiger partial charge in [0.15, 0.2) is 0 Å². The van der Waals surface area contributed by atoms with Crippen LogP contribution >= 0.6 is 11.6 Å². The van der Waals surface area contributed by atoms with Gasteiger partial charge in [0.2, 0.25) is 5.88 Å². The Labute approximate surface area is 115 Å². The predicted molar refractivity (Wildman–Crippen MR) is 70.9 cm³/mol. The van der Waals surface area contributed by atoms with Gasteiger partial charge in [-0.1, -0.05) is 17.7 Å². The van der Waals surface area contributed by atoms with E-state index in [0.717, 1.165) is 0 Å². The fourth-order valence-corrected chi connectivity index (χ4v) is 1.94. The third-order valence-electron chi connectivity index (χ3n) is 2.77. The van der Waals surface area contributed by atoms with Crippen molar-refractivity contribution in [1.29, 1.82) is 0 Å². The second-order valence-electron chi connectivity index (χ2n) is 4.07. The van der Waals surface area contributed by atoms with Crippen LogP contribution in [0.2, 0.25) is 5.02 Å². The molecule has 0 aliphatic heterocycles. The minimum Gasteiger partial charge on any atom is -0.481 e. The van der Waals surface area contributed by atoms with Gasteiger partial charge in [0, 0.05) is 18.2 Å². The monoisotopic (exact) mass is 281 g/mol. The molecule has 3 nitrogen and oxygen atoms in total. The van der Waals surface area contributed by atoms with E-state index in [1.807, 2.05) is 0 Å². The number of aliphatic hydroxyl groups excluding tert-OH is 1. The number of nitrogens with zero attached hydrogens (tertiary/aromatic N) is 1. The van der Waals surface area contributed by atoms with Crippen LogP contribution in [-0.4, -0.2) is 17.2 Å². The summed E-state index contributed by atoms with van der Waals surface area (Å²) in [7, 11) is 1.49. The summed E-state index contributed by atoms with van der Waals surface area (Å²) < 4.78 is 18.4. The van der Waals surface area contributed by atoms with E-state index >= 15 is 0 Å². The average Bonchev–Trinajstić information content (AvgIpc) is 2.43. The van der Waals surface area contributed by atoms with Gasteiger partial charge in [-0.2, -0.15) is 0 Å². The van der Waals surface area contributed by atoms with Gasteiger partial charge >= 0.3 is 0 Å². The van der Waals surface area contributed by atoms with Crippen LogP contribution in [0.25, 0.3) is 0 Å². The van der Waals surface area contributed by atoms with E-state index in [1.165, 1.54) is 19.2 Å². The van der Waals surface area contributed by atoms with Crippen LogP contribution in [-0.2, 0) is 6.42 Å². The first kappa shape index (κ1) is 13.8. The SMILES string of the molecule is COc1ncccc1C(O)Cc1ccc(Cl)c(F)c1. The van der Waals surface area contributed by atoms with Gasteiger partial charge in [-0.05, 0) is 29.8 Å². The van der Waals surface area contributed by atoms with Crippen LogP contribution in [0.15, 0.2) is 36.5 Å². The topological polar surface area (TPSA) is 42.4 Å². The van der Waals surface area contributed by atoms with Crippen LogP contribution in [0.3, 0.4) is 0 Å². The highest BCUT2D eigenvalue weighted by Crippen LogP contribution is 2.26. The van der Waals surface area contributed by atoms with Crippen molar-refractivity contribution >= 4 is 11.6 Å². The second kappa shape index (κ2) is 5.99. The van der Waals surface area contributed by atoms with Crippen LogP contribution in [0.5, 0.6) is 5.88 Å².